The Morgan fingerprint density at radius 1 is 1.29 bits per heavy atom. The second-order valence-electron chi connectivity index (χ2n) is 5.30. The van der Waals surface area contributed by atoms with E-state index in [1.54, 1.807) is 11.1 Å². The summed E-state index contributed by atoms with van der Waals surface area (Å²) in [7, 11) is 2.19. The first kappa shape index (κ1) is 12.6. The van der Waals surface area contributed by atoms with Crippen LogP contribution in [0.25, 0.3) is 0 Å². The molecule has 0 radical (unpaired) electrons. The lowest BCUT2D eigenvalue weighted by Gasteiger charge is -2.24. The molecule has 1 aliphatic rings. The Kier molecular flexibility index (Phi) is 4.19. The van der Waals surface area contributed by atoms with Gasteiger partial charge in [0.1, 0.15) is 0 Å². The minimum absolute atomic E-state index is 0.563. The predicted molar refractivity (Wildman–Crippen MR) is 73.1 cm³/mol. The molecular weight excluding hydrogens is 208 g/mol. The highest BCUT2D eigenvalue weighted by Crippen LogP contribution is 2.23. The van der Waals surface area contributed by atoms with Gasteiger partial charge in [0.05, 0.1) is 0 Å². The molecule has 0 heterocycles. The maximum atomic E-state index is 5.61. The summed E-state index contributed by atoms with van der Waals surface area (Å²) in [6, 6.07) is 7.57. The fourth-order valence-electron chi connectivity index (χ4n) is 2.63. The Balaban J connectivity index is 1.99. The molecule has 1 aromatic carbocycles. The van der Waals surface area contributed by atoms with Crippen molar-refractivity contribution in [3.63, 3.8) is 0 Å². The monoisotopic (exact) mass is 232 g/mol. The molecule has 1 aromatic rings. The van der Waals surface area contributed by atoms with Gasteiger partial charge in [-0.3, -0.25) is 4.90 Å². The van der Waals surface area contributed by atoms with Gasteiger partial charge < -0.3 is 5.73 Å². The summed E-state index contributed by atoms with van der Waals surface area (Å²) in [4.78, 5) is 2.39. The highest BCUT2D eigenvalue weighted by Gasteiger charge is 2.13. The van der Waals surface area contributed by atoms with Crippen LogP contribution in [0, 0.1) is 0 Å². The molecule has 0 bridgehead atoms. The molecule has 0 fully saturated rings. The van der Waals surface area contributed by atoms with E-state index in [2.05, 4.69) is 37.1 Å². The summed E-state index contributed by atoms with van der Waals surface area (Å²) in [5.41, 5.74) is 10.2. The Labute approximate surface area is 105 Å². The first-order valence-corrected chi connectivity index (χ1v) is 6.71. The van der Waals surface area contributed by atoms with Crippen LogP contribution in [0.5, 0.6) is 0 Å². The molecule has 2 rings (SSSR count). The van der Waals surface area contributed by atoms with Crippen LogP contribution < -0.4 is 5.73 Å². The number of fused-ring (bicyclic) bond motifs is 1. The lowest BCUT2D eigenvalue weighted by atomic mass is 10.1. The molecule has 0 spiro atoms. The first-order valence-electron chi connectivity index (χ1n) is 6.71. The van der Waals surface area contributed by atoms with Crippen LogP contribution in [-0.4, -0.2) is 24.5 Å². The summed E-state index contributed by atoms with van der Waals surface area (Å²) < 4.78 is 0. The van der Waals surface area contributed by atoms with Gasteiger partial charge in [0.2, 0.25) is 0 Å². The van der Waals surface area contributed by atoms with E-state index in [0.29, 0.717) is 6.04 Å². The summed E-state index contributed by atoms with van der Waals surface area (Å²) in [6.45, 7) is 4.06. The van der Waals surface area contributed by atoms with Crippen molar-refractivity contribution in [2.75, 3.05) is 13.6 Å². The van der Waals surface area contributed by atoms with Gasteiger partial charge in [-0.15, -0.1) is 0 Å². The van der Waals surface area contributed by atoms with Crippen LogP contribution in [0.1, 0.15) is 36.5 Å². The molecule has 2 heteroatoms. The highest BCUT2D eigenvalue weighted by atomic mass is 15.1. The van der Waals surface area contributed by atoms with Crippen LogP contribution >= 0.6 is 0 Å². The summed E-state index contributed by atoms with van der Waals surface area (Å²) >= 11 is 0. The van der Waals surface area contributed by atoms with Crippen molar-refractivity contribution in [2.24, 2.45) is 5.73 Å². The maximum Gasteiger partial charge on any atom is 0.0233 e. The van der Waals surface area contributed by atoms with Gasteiger partial charge in [0, 0.05) is 12.6 Å². The molecule has 17 heavy (non-hydrogen) atoms. The van der Waals surface area contributed by atoms with E-state index in [0.717, 1.165) is 19.5 Å². The second kappa shape index (κ2) is 5.65. The van der Waals surface area contributed by atoms with Gasteiger partial charge in [0.25, 0.3) is 0 Å². The predicted octanol–water partition coefficient (Wildman–Crippen LogP) is 2.34. The van der Waals surface area contributed by atoms with Crippen LogP contribution in [-0.2, 0) is 19.4 Å². The van der Waals surface area contributed by atoms with Crippen LogP contribution in [0.3, 0.4) is 0 Å². The average molecular weight is 232 g/mol. The molecule has 2 N–H and O–H groups in total. The van der Waals surface area contributed by atoms with Gasteiger partial charge >= 0.3 is 0 Å². The fraction of sp³-hybridized carbons (Fsp3) is 0.600. The third-order valence-corrected chi connectivity index (χ3v) is 3.93. The third-order valence-electron chi connectivity index (χ3n) is 3.93. The molecule has 94 valence electrons. The summed E-state index contributed by atoms with van der Waals surface area (Å²) in [5.74, 6) is 0. The van der Waals surface area contributed by atoms with Gasteiger partial charge in [-0.05, 0) is 62.9 Å². The topological polar surface area (TPSA) is 29.3 Å². The minimum atomic E-state index is 0.563. The van der Waals surface area contributed by atoms with Crippen molar-refractivity contribution in [1.29, 1.82) is 0 Å². The van der Waals surface area contributed by atoms with Crippen molar-refractivity contribution >= 4 is 0 Å². The number of aryl methyl sites for hydroxylation is 2. The molecule has 1 aliphatic carbocycles. The lowest BCUT2D eigenvalue weighted by molar-refractivity contribution is 0.240. The zero-order chi connectivity index (χ0) is 12.3. The normalized spacial score (nSPS) is 16.2. The van der Waals surface area contributed by atoms with Crippen molar-refractivity contribution in [3.8, 4) is 0 Å². The van der Waals surface area contributed by atoms with E-state index in [9.17, 15) is 0 Å². The van der Waals surface area contributed by atoms with Crippen molar-refractivity contribution in [2.45, 2.75) is 45.2 Å². The highest BCUT2D eigenvalue weighted by molar-refractivity contribution is 5.35. The van der Waals surface area contributed by atoms with E-state index in [-0.39, 0.29) is 0 Å². The van der Waals surface area contributed by atoms with E-state index >= 15 is 0 Å². The molecule has 1 unspecified atom stereocenters. The van der Waals surface area contributed by atoms with Crippen molar-refractivity contribution in [1.82, 2.24) is 4.90 Å². The Morgan fingerprint density at radius 2 is 2.06 bits per heavy atom. The second-order valence-corrected chi connectivity index (χ2v) is 5.30. The largest absolute Gasteiger partial charge is 0.330 e. The van der Waals surface area contributed by atoms with Gasteiger partial charge in [-0.1, -0.05) is 18.2 Å². The SMILES string of the molecule is CC(CCN)N(C)Cc1ccc2c(c1)CCC2. The zero-order valence-corrected chi connectivity index (χ0v) is 11.1. The number of hydrogen-bond acceptors (Lipinski definition) is 2. The molecule has 0 saturated carbocycles. The maximum absolute atomic E-state index is 5.61. The van der Waals surface area contributed by atoms with E-state index < -0.39 is 0 Å². The molecule has 1 atom stereocenters. The minimum Gasteiger partial charge on any atom is -0.330 e. The number of nitrogens with zero attached hydrogens (tertiary/aromatic N) is 1. The molecule has 2 nitrogen and oxygen atoms in total. The smallest absolute Gasteiger partial charge is 0.0233 e. The van der Waals surface area contributed by atoms with Crippen molar-refractivity contribution < 1.29 is 0 Å². The van der Waals surface area contributed by atoms with E-state index in [1.165, 1.54) is 24.8 Å². The van der Waals surface area contributed by atoms with Gasteiger partial charge in [-0.2, -0.15) is 0 Å². The molecular formula is C15H24N2. The Hall–Kier alpha value is -0.860. The van der Waals surface area contributed by atoms with Gasteiger partial charge in [0.15, 0.2) is 0 Å². The third kappa shape index (κ3) is 3.08. The molecule has 0 amide bonds. The van der Waals surface area contributed by atoms with Gasteiger partial charge in [-0.25, -0.2) is 0 Å². The Morgan fingerprint density at radius 3 is 2.82 bits per heavy atom. The molecule has 0 aliphatic heterocycles. The fourth-order valence-corrected chi connectivity index (χ4v) is 2.63. The molecule has 0 saturated heterocycles. The quantitative estimate of drug-likeness (QED) is 0.844. The molecule has 0 aromatic heterocycles. The number of nitrogens with two attached hydrogens (primary N) is 1. The van der Waals surface area contributed by atoms with Crippen LogP contribution in [0.2, 0.25) is 0 Å². The number of benzene rings is 1. The lowest BCUT2D eigenvalue weighted by Crippen LogP contribution is -2.30. The van der Waals surface area contributed by atoms with Crippen LogP contribution in [0.4, 0.5) is 0 Å². The van der Waals surface area contributed by atoms with E-state index in [4.69, 9.17) is 5.73 Å². The van der Waals surface area contributed by atoms with Crippen LogP contribution in [0.15, 0.2) is 18.2 Å². The number of rotatable bonds is 5. The average Bonchev–Trinajstić information content (AvgIpc) is 2.76. The first-order chi connectivity index (χ1) is 8.20. The Bertz CT molecular complexity index is 373. The van der Waals surface area contributed by atoms with Crippen molar-refractivity contribution in [3.05, 3.63) is 34.9 Å². The zero-order valence-electron chi connectivity index (χ0n) is 11.1. The number of hydrogen-bond donors (Lipinski definition) is 1. The summed E-state index contributed by atoms with van der Waals surface area (Å²) in [6.07, 6.45) is 4.94. The van der Waals surface area contributed by atoms with E-state index in [1.807, 2.05) is 0 Å². The summed E-state index contributed by atoms with van der Waals surface area (Å²) in [5, 5.41) is 0. The standard InChI is InChI=1S/C15H24N2/c1-12(8-9-16)17(2)11-13-6-7-14-4-3-5-15(14)10-13/h6-7,10,12H,3-5,8-9,11,16H2,1-2H3.